The van der Waals surface area contributed by atoms with Gasteiger partial charge in [-0.05, 0) is 48.6 Å². The Kier molecular flexibility index (Phi) is 40.1. The number of hydrogen-bond donors (Lipinski definition) is 3. The van der Waals surface area contributed by atoms with Gasteiger partial charge in [0.05, 0.1) is 0 Å². The molecule has 0 aliphatic heterocycles. The highest BCUT2D eigenvalue weighted by molar-refractivity contribution is 8.02. The van der Waals surface area contributed by atoms with Crippen LogP contribution in [0.2, 0.25) is 0 Å². The molecule has 0 aromatic heterocycles. The van der Waals surface area contributed by atoms with Crippen LogP contribution < -0.4 is 10.6 Å². The second-order valence-corrected chi connectivity index (χ2v) is 11.4. The van der Waals surface area contributed by atoms with Crippen LogP contribution in [-0.2, 0) is 14.4 Å². The molecule has 0 rings (SSSR count). The number of rotatable bonds is 11. The number of nitrogens with one attached hydrogen (secondary N) is 2. The largest absolute Gasteiger partial charge is 0.478 e. The highest BCUT2D eigenvalue weighted by atomic mass is 32.2. The number of carbonyl (C=O) groups excluding carboxylic acids is 2. The van der Waals surface area contributed by atoms with Crippen molar-refractivity contribution in [1.82, 2.24) is 15.5 Å². The molecule has 244 valence electrons. The van der Waals surface area contributed by atoms with Crippen LogP contribution in [0, 0.1) is 36.5 Å². The van der Waals surface area contributed by atoms with Gasteiger partial charge in [-0.25, -0.2) is 4.79 Å². The molecule has 0 unspecified atom stereocenters. The summed E-state index contributed by atoms with van der Waals surface area (Å²) >= 11 is 1.66. The van der Waals surface area contributed by atoms with E-state index in [1.807, 2.05) is 68.0 Å². The Balaban J connectivity index is -0.000000233. The Bertz CT molecular complexity index is 812. The van der Waals surface area contributed by atoms with Crippen LogP contribution in [-0.4, -0.2) is 67.3 Å². The first-order valence-corrected chi connectivity index (χ1v) is 15.2. The quantitative estimate of drug-likeness (QED) is 0.132. The van der Waals surface area contributed by atoms with Gasteiger partial charge in [0.2, 0.25) is 11.8 Å². The lowest BCUT2D eigenvalue weighted by Crippen LogP contribution is -2.54. The van der Waals surface area contributed by atoms with Crippen molar-refractivity contribution in [2.45, 2.75) is 95.0 Å². The first-order valence-electron chi connectivity index (χ1n) is 14.1. The second-order valence-electron chi connectivity index (χ2n) is 10.3. The Hall–Kier alpha value is -2.94. The molecule has 0 fully saturated rings. The third kappa shape index (κ3) is 28.6. The van der Waals surface area contributed by atoms with Gasteiger partial charge in [0, 0.05) is 25.6 Å². The maximum Gasteiger partial charge on any atom is 0.331 e. The fourth-order valence-electron chi connectivity index (χ4n) is 2.69. The van der Waals surface area contributed by atoms with Gasteiger partial charge in [0.15, 0.2) is 0 Å². The lowest BCUT2D eigenvalue weighted by molar-refractivity contribution is -0.138. The van der Waals surface area contributed by atoms with Gasteiger partial charge in [-0.3, -0.25) is 9.59 Å². The normalized spacial score (nSPS) is 11.2. The molecule has 0 heterocycles. The molecule has 0 saturated heterocycles. The predicted molar refractivity (Wildman–Crippen MR) is 187 cm³/mol. The summed E-state index contributed by atoms with van der Waals surface area (Å²) in [4.78, 5) is 38.2. The molecule has 42 heavy (non-hydrogen) atoms. The van der Waals surface area contributed by atoms with Crippen LogP contribution >= 0.6 is 11.8 Å². The predicted octanol–water partition coefficient (Wildman–Crippen LogP) is 7.02. The average Bonchev–Trinajstić information content (AvgIpc) is 2.93. The molecular formula is C34H63N3O4S. The summed E-state index contributed by atoms with van der Waals surface area (Å²) in [7, 11) is 5.35. The van der Waals surface area contributed by atoms with Crippen molar-refractivity contribution in [3.8, 4) is 25.7 Å². The van der Waals surface area contributed by atoms with E-state index >= 15 is 0 Å². The SMILES string of the molecule is C#C.C#C.C=C/C(=C\SCC)C(C)(C)CC(=O)N[C@H](C(=O)N(C)C/C=C(\C)C(=O)O)C(C)(C)C.CC.CCC.CNC. The molecular weight excluding hydrogens is 546 g/mol. The molecule has 7 nitrogen and oxygen atoms in total. The van der Waals surface area contributed by atoms with E-state index < -0.39 is 22.8 Å². The van der Waals surface area contributed by atoms with E-state index in [9.17, 15) is 14.4 Å². The number of carboxylic acids is 1. The Labute approximate surface area is 264 Å². The fraction of sp³-hybridized carbons (Fsp3) is 0.618. The van der Waals surface area contributed by atoms with E-state index in [-0.39, 0.29) is 30.4 Å². The van der Waals surface area contributed by atoms with E-state index in [2.05, 4.69) is 63.7 Å². The smallest absolute Gasteiger partial charge is 0.331 e. The van der Waals surface area contributed by atoms with Gasteiger partial charge in [0.25, 0.3) is 0 Å². The Morgan fingerprint density at radius 1 is 1.00 bits per heavy atom. The van der Waals surface area contributed by atoms with Crippen LogP contribution in [0.15, 0.2) is 35.3 Å². The summed E-state index contributed by atoms with van der Waals surface area (Å²) in [5, 5.41) is 16.7. The number of aliphatic carboxylic acids is 1. The van der Waals surface area contributed by atoms with Crippen molar-refractivity contribution in [3.63, 3.8) is 0 Å². The number of likely N-dealkylation sites (N-methyl/N-ethyl adjacent to an activating group) is 1. The van der Waals surface area contributed by atoms with Crippen molar-refractivity contribution in [2.24, 2.45) is 10.8 Å². The molecule has 0 aliphatic carbocycles. The first-order chi connectivity index (χ1) is 19.5. The van der Waals surface area contributed by atoms with E-state index in [1.54, 1.807) is 24.9 Å². The van der Waals surface area contributed by atoms with E-state index in [4.69, 9.17) is 5.11 Å². The molecule has 3 N–H and O–H groups in total. The maximum atomic E-state index is 13.0. The monoisotopic (exact) mass is 609 g/mol. The molecule has 0 spiro atoms. The third-order valence-electron chi connectivity index (χ3n) is 4.78. The van der Waals surface area contributed by atoms with Crippen molar-refractivity contribution in [3.05, 3.63) is 35.3 Å². The number of nitrogens with zero attached hydrogens (tertiary/aromatic N) is 1. The lowest BCUT2D eigenvalue weighted by Gasteiger charge is -2.34. The molecule has 0 saturated carbocycles. The van der Waals surface area contributed by atoms with Gasteiger partial charge in [-0.1, -0.05) is 94.4 Å². The molecule has 2 amide bonds. The molecule has 0 aromatic rings. The van der Waals surface area contributed by atoms with Gasteiger partial charge in [0.1, 0.15) is 6.04 Å². The zero-order valence-electron chi connectivity index (χ0n) is 29.2. The summed E-state index contributed by atoms with van der Waals surface area (Å²) in [6.45, 7) is 25.4. The summed E-state index contributed by atoms with van der Waals surface area (Å²) in [6.07, 6.45) is 20.7. The van der Waals surface area contributed by atoms with Gasteiger partial charge in [-0.15, -0.1) is 37.5 Å². The minimum Gasteiger partial charge on any atom is -0.478 e. The molecule has 8 heteroatoms. The number of allylic oxidation sites excluding steroid dienone is 2. The maximum absolute atomic E-state index is 13.0. The fourth-order valence-corrected chi connectivity index (χ4v) is 3.45. The second kappa shape index (κ2) is 32.6. The zero-order valence-corrected chi connectivity index (χ0v) is 30.0. The molecule has 0 radical (unpaired) electrons. The standard InChI is InChI=1S/C23H38N2O4S.C3H8.C2H7N.C2H6.2C2H2/c1-10-17(15-30-11-2)23(7,8)14-18(26)24-19(22(4,5)6)20(27)25(9)13-12-16(3)21(28)29;2*1-3-2;3*1-2/h10,12,15,19H,1,11,13-14H2,2-9H3,(H,24,26)(H,28,29);3H2,1-2H3;3H,1-2H3;1-2H3;2*1-2H/b16-12+,17-15+;;;;;/t19-;;;;;/m1...../s1. The van der Waals surface area contributed by atoms with Crippen LogP contribution in [0.3, 0.4) is 0 Å². The van der Waals surface area contributed by atoms with Gasteiger partial charge < -0.3 is 20.6 Å². The zero-order chi connectivity index (χ0) is 35.1. The summed E-state index contributed by atoms with van der Waals surface area (Å²) < 4.78 is 0. The minimum atomic E-state index is -1.02. The highest BCUT2D eigenvalue weighted by Gasteiger charge is 2.36. The van der Waals surface area contributed by atoms with Crippen LogP contribution in [0.1, 0.15) is 89.0 Å². The summed E-state index contributed by atoms with van der Waals surface area (Å²) in [5.41, 5.74) is 0.217. The highest BCUT2D eigenvalue weighted by Crippen LogP contribution is 2.33. The summed E-state index contributed by atoms with van der Waals surface area (Å²) in [6, 6.07) is -0.731. The Morgan fingerprint density at radius 2 is 1.40 bits per heavy atom. The minimum absolute atomic E-state index is 0.155. The topological polar surface area (TPSA) is 98.7 Å². The number of amides is 2. The summed E-state index contributed by atoms with van der Waals surface area (Å²) in [5.74, 6) is -0.564. The van der Waals surface area contributed by atoms with Crippen LogP contribution in [0.25, 0.3) is 0 Å². The van der Waals surface area contributed by atoms with E-state index in [0.717, 1.165) is 11.3 Å². The average molecular weight is 610 g/mol. The van der Waals surface area contributed by atoms with Gasteiger partial charge in [-0.2, -0.15) is 0 Å². The van der Waals surface area contributed by atoms with Crippen molar-refractivity contribution >= 4 is 29.5 Å². The molecule has 1 atom stereocenters. The molecule has 0 aliphatic rings. The van der Waals surface area contributed by atoms with Crippen LogP contribution in [0.4, 0.5) is 0 Å². The van der Waals surface area contributed by atoms with Crippen LogP contribution in [0.5, 0.6) is 0 Å². The van der Waals surface area contributed by atoms with Crippen molar-refractivity contribution < 1.29 is 19.5 Å². The third-order valence-corrected chi connectivity index (χ3v) is 5.54. The molecule has 0 aromatic carbocycles. The van der Waals surface area contributed by atoms with Crippen molar-refractivity contribution in [2.75, 3.05) is 33.4 Å². The number of carboxylic acid groups (broad SMARTS) is 1. The Morgan fingerprint density at radius 3 is 1.71 bits per heavy atom. The lowest BCUT2D eigenvalue weighted by atomic mass is 9.80. The first kappa shape index (κ1) is 51.8. The van der Waals surface area contributed by atoms with Crippen molar-refractivity contribution in [1.29, 1.82) is 0 Å². The molecule has 0 bridgehead atoms. The number of thioether (sulfide) groups is 1. The number of terminal acetylenes is 2. The van der Waals surface area contributed by atoms with Gasteiger partial charge >= 0.3 is 5.97 Å². The number of carbonyl (C=O) groups is 3. The number of hydrogen-bond acceptors (Lipinski definition) is 5. The van der Waals surface area contributed by atoms with E-state index in [1.165, 1.54) is 24.3 Å². The van der Waals surface area contributed by atoms with E-state index in [0.29, 0.717) is 0 Å².